The van der Waals surface area contributed by atoms with Gasteiger partial charge in [-0.05, 0) is 43.8 Å². The largest absolute Gasteiger partial charge is 0.398 e. The fraction of sp³-hybridized carbons (Fsp3) is 0.231. The number of benzene rings is 2. The van der Waals surface area contributed by atoms with Crippen molar-refractivity contribution in [2.45, 2.75) is 6.92 Å². The molecular formula is C26H31N7. The van der Waals surface area contributed by atoms with Gasteiger partial charge < -0.3 is 20.9 Å². The molecule has 1 aliphatic rings. The first-order valence-corrected chi connectivity index (χ1v) is 11.1. The first kappa shape index (κ1) is 22.4. The highest BCUT2D eigenvalue weighted by atomic mass is 15.2. The van der Waals surface area contributed by atoms with E-state index < -0.39 is 0 Å². The van der Waals surface area contributed by atoms with Gasteiger partial charge in [0.1, 0.15) is 5.84 Å². The molecule has 0 atom stereocenters. The second-order valence-corrected chi connectivity index (χ2v) is 8.33. The number of hydrogen-bond donors (Lipinski definition) is 3. The second kappa shape index (κ2) is 10.2. The average Bonchev–Trinajstić information content (AvgIpc) is 3.23. The zero-order valence-corrected chi connectivity index (χ0v) is 19.3. The summed E-state index contributed by atoms with van der Waals surface area (Å²) >= 11 is 0. The molecule has 170 valence electrons. The Balaban J connectivity index is 1.59. The molecule has 0 amide bonds. The first-order valence-electron chi connectivity index (χ1n) is 11.1. The third kappa shape index (κ3) is 5.90. The molecule has 2 heterocycles. The van der Waals surface area contributed by atoms with Crippen molar-refractivity contribution in [2.24, 2.45) is 4.99 Å². The molecule has 1 saturated heterocycles. The van der Waals surface area contributed by atoms with E-state index in [1.807, 2.05) is 67.6 Å². The summed E-state index contributed by atoms with van der Waals surface area (Å²) in [6.07, 6.45) is 3.93. The molecular weight excluding hydrogens is 410 g/mol. The number of allylic oxidation sites excluding steroid dienone is 1. The summed E-state index contributed by atoms with van der Waals surface area (Å²) in [5.74, 6) is 1.18. The summed E-state index contributed by atoms with van der Waals surface area (Å²) in [5.41, 5.74) is 11.9. The minimum absolute atomic E-state index is 0.581. The highest BCUT2D eigenvalue weighted by molar-refractivity contribution is 6.05. The van der Waals surface area contributed by atoms with Gasteiger partial charge in [0.2, 0.25) is 0 Å². The fourth-order valence-corrected chi connectivity index (χ4v) is 3.71. The number of anilines is 2. The molecule has 7 heteroatoms. The van der Waals surface area contributed by atoms with E-state index in [1.165, 1.54) is 0 Å². The third-order valence-electron chi connectivity index (χ3n) is 5.63. The Bertz CT molecular complexity index is 1150. The Hall–Kier alpha value is -3.84. The van der Waals surface area contributed by atoms with Crippen LogP contribution in [-0.2, 0) is 0 Å². The lowest BCUT2D eigenvalue weighted by atomic mass is 10.1. The highest BCUT2D eigenvalue weighted by Gasteiger charge is 2.17. The van der Waals surface area contributed by atoms with E-state index in [9.17, 15) is 0 Å². The van der Waals surface area contributed by atoms with E-state index in [1.54, 1.807) is 0 Å². The summed E-state index contributed by atoms with van der Waals surface area (Å²) in [4.78, 5) is 9.43. The number of hydrogen-bond acceptors (Lipinski definition) is 5. The molecule has 33 heavy (non-hydrogen) atoms. The van der Waals surface area contributed by atoms with Gasteiger partial charge in [-0.1, -0.05) is 43.0 Å². The number of piperazine rings is 1. The molecule has 0 saturated carbocycles. The number of aryl methyl sites for hydroxylation is 1. The number of aromatic amines is 1. The molecule has 3 aromatic rings. The van der Waals surface area contributed by atoms with Crippen LogP contribution in [0.25, 0.3) is 6.08 Å². The predicted molar refractivity (Wildman–Crippen MR) is 138 cm³/mol. The number of aliphatic imine (C=N–C) groups is 1. The van der Waals surface area contributed by atoms with E-state index >= 15 is 0 Å². The predicted octanol–water partition coefficient (Wildman–Crippen LogP) is 3.95. The van der Waals surface area contributed by atoms with Crippen LogP contribution in [0.5, 0.6) is 0 Å². The lowest BCUT2D eigenvalue weighted by Crippen LogP contribution is -2.44. The van der Waals surface area contributed by atoms with Gasteiger partial charge in [-0.2, -0.15) is 5.10 Å². The Labute approximate surface area is 195 Å². The van der Waals surface area contributed by atoms with Gasteiger partial charge in [0.05, 0.1) is 0 Å². The number of H-pyrrole nitrogens is 1. The quantitative estimate of drug-likeness (QED) is 0.233. The minimum Gasteiger partial charge on any atom is -0.398 e. The van der Waals surface area contributed by atoms with Crippen molar-refractivity contribution in [1.82, 2.24) is 20.4 Å². The van der Waals surface area contributed by atoms with Crippen molar-refractivity contribution >= 4 is 29.1 Å². The van der Waals surface area contributed by atoms with E-state index in [2.05, 4.69) is 45.0 Å². The molecule has 0 radical (unpaired) electrons. The summed E-state index contributed by atoms with van der Waals surface area (Å²) in [6, 6.07) is 18.1. The number of aromatic nitrogens is 2. The van der Waals surface area contributed by atoms with E-state index in [-0.39, 0.29) is 0 Å². The third-order valence-corrected chi connectivity index (χ3v) is 5.63. The first-order chi connectivity index (χ1) is 16.0. The van der Waals surface area contributed by atoms with Crippen molar-refractivity contribution in [3.63, 3.8) is 0 Å². The van der Waals surface area contributed by atoms with E-state index in [0.717, 1.165) is 48.7 Å². The lowest BCUT2D eigenvalue weighted by molar-refractivity contribution is 0.313. The van der Waals surface area contributed by atoms with Gasteiger partial charge in [0, 0.05) is 60.6 Å². The molecule has 4 rings (SSSR count). The highest BCUT2D eigenvalue weighted by Crippen LogP contribution is 2.24. The standard InChI is InChI=1S/C26H31N7/c1-19(9-10-21-7-5-4-6-8-21)28-26(29-25-17-20(2)30-31-25)23-12-11-22(18-24(23)27)33-15-13-32(3)14-16-33/h4-12,17-18H,1,13-16,27H2,2-3H3,(H2,28,29,30,31)/b10-9+. The molecule has 0 bridgehead atoms. The smallest absolute Gasteiger partial charge is 0.175 e. The van der Waals surface area contributed by atoms with Crippen LogP contribution < -0.4 is 16.0 Å². The summed E-state index contributed by atoms with van der Waals surface area (Å²) < 4.78 is 0. The molecule has 0 unspecified atom stereocenters. The topological polar surface area (TPSA) is 85.6 Å². The van der Waals surface area contributed by atoms with Gasteiger partial charge in [-0.25, -0.2) is 4.99 Å². The normalized spacial score (nSPS) is 15.2. The maximum atomic E-state index is 6.52. The lowest BCUT2D eigenvalue weighted by Gasteiger charge is -2.34. The van der Waals surface area contributed by atoms with Crippen molar-refractivity contribution in [2.75, 3.05) is 43.9 Å². The van der Waals surface area contributed by atoms with Crippen molar-refractivity contribution in [1.29, 1.82) is 0 Å². The number of nitrogens with zero attached hydrogens (tertiary/aromatic N) is 4. The van der Waals surface area contributed by atoms with E-state index in [4.69, 9.17) is 10.7 Å². The molecule has 1 aliphatic heterocycles. The maximum absolute atomic E-state index is 6.52. The van der Waals surface area contributed by atoms with Crippen LogP contribution in [0, 0.1) is 6.92 Å². The minimum atomic E-state index is 0.581. The number of amidine groups is 1. The number of nitrogens with two attached hydrogens (primary N) is 1. The van der Waals surface area contributed by atoms with Gasteiger partial charge in [-0.15, -0.1) is 0 Å². The molecule has 0 spiro atoms. The number of likely N-dealkylation sites (N-methyl/N-ethyl adjacent to an activating group) is 1. The molecule has 0 aliphatic carbocycles. The van der Waals surface area contributed by atoms with Gasteiger partial charge in [-0.3, -0.25) is 5.10 Å². The molecule has 2 aromatic carbocycles. The fourth-order valence-electron chi connectivity index (χ4n) is 3.71. The summed E-state index contributed by atoms with van der Waals surface area (Å²) in [7, 11) is 2.15. The van der Waals surface area contributed by atoms with E-state index in [0.29, 0.717) is 23.0 Å². The van der Waals surface area contributed by atoms with Crippen molar-refractivity contribution in [3.8, 4) is 0 Å². The Morgan fingerprint density at radius 2 is 1.88 bits per heavy atom. The number of nitrogen functional groups attached to an aromatic ring is 1. The number of rotatable bonds is 6. The average molecular weight is 442 g/mol. The molecule has 7 nitrogen and oxygen atoms in total. The second-order valence-electron chi connectivity index (χ2n) is 8.33. The number of nitrogens with one attached hydrogen (secondary N) is 2. The van der Waals surface area contributed by atoms with Crippen LogP contribution in [0.3, 0.4) is 0 Å². The zero-order valence-electron chi connectivity index (χ0n) is 19.3. The van der Waals surface area contributed by atoms with Crippen LogP contribution >= 0.6 is 0 Å². The van der Waals surface area contributed by atoms with Crippen LogP contribution in [0.15, 0.2) is 77.9 Å². The van der Waals surface area contributed by atoms with Crippen LogP contribution in [-0.4, -0.2) is 54.2 Å². The van der Waals surface area contributed by atoms with Crippen molar-refractivity contribution < 1.29 is 0 Å². The van der Waals surface area contributed by atoms with Crippen LogP contribution in [0.1, 0.15) is 16.8 Å². The van der Waals surface area contributed by atoms with Crippen molar-refractivity contribution in [3.05, 3.63) is 89.8 Å². The van der Waals surface area contributed by atoms with Gasteiger partial charge in [0.15, 0.2) is 5.82 Å². The molecule has 4 N–H and O–H groups in total. The van der Waals surface area contributed by atoms with Crippen LogP contribution in [0.4, 0.5) is 17.2 Å². The van der Waals surface area contributed by atoms with Gasteiger partial charge in [0.25, 0.3) is 0 Å². The SMILES string of the molecule is C=C(/C=C/c1ccccc1)NC(=Nc1cc(C)[nH]n1)c1ccc(N2CCN(C)CC2)cc1N. The molecule has 1 fully saturated rings. The Kier molecular flexibility index (Phi) is 6.90. The Morgan fingerprint density at radius 1 is 1.12 bits per heavy atom. The molecule has 1 aromatic heterocycles. The summed E-state index contributed by atoms with van der Waals surface area (Å²) in [6.45, 7) is 10.2. The van der Waals surface area contributed by atoms with Gasteiger partial charge >= 0.3 is 0 Å². The summed E-state index contributed by atoms with van der Waals surface area (Å²) in [5, 5.41) is 10.5. The Morgan fingerprint density at radius 3 is 2.55 bits per heavy atom. The monoisotopic (exact) mass is 441 g/mol. The zero-order chi connectivity index (χ0) is 23.2. The van der Waals surface area contributed by atoms with Crippen LogP contribution in [0.2, 0.25) is 0 Å². The maximum Gasteiger partial charge on any atom is 0.175 e.